The Hall–Kier alpha value is -1.09. The number of hydrogen-bond acceptors (Lipinski definition) is 3. The molecule has 3 nitrogen and oxygen atoms in total. The Morgan fingerprint density at radius 2 is 1.74 bits per heavy atom. The van der Waals surface area contributed by atoms with Gasteiger partial charge in [-0.3, -0.25) is 0 Å². The van der Waals surface area contributed by atoms with Crippen molar-refractivity contribution >= 4 is 17.3 Å². The SMILES string of the molecule is CC(C)CCC(C)Nc1cc2c(cc1Cl)OCCO2. The Labute approximate surface area is 120 Å². The summed E-state index contributed by atoms with van der Waals surface area (Å²) in [6.07, 6.45) is 2.33. The maximum absolute atomic E-state index is 6.27. The van der Waals surface area contributed by atoms with Crippen molar-refractivity contribution in [3.8, 4) is 11.5 Å². The summed E-state index contributed by atoms with van der Waals surface area (Å²) >= 11 is 6.27. The van der Waals surface area contributed by atoms with Gasteiger partial charge in [-0.1, -0.05) is 25.4 Å². The molecule has 19 heavy (non-hydrogen) atoms. The van der Waals surface area contributed by atoms with Crippen LogP contribution in [0.3, 0.4) is 0 Å². The molecule has 106 valence electrons. The van der Waals surface area contributed by atoms with Crippen LogP contribution in [0.1, 0.15) is 33.6 Å². The zero-order chi connectivity index (χ0) is 13.8. The Bertz CT molecular complexity index is 434. The van der Waals surface area contributed by atoms with Gasteiger partial charge in [0.1, 0.15) is 13.2 Å². The maximum atomic E-state index is 6.27. The van der Waals surface area contributed by atoms with Crippen molar-refractivity contribution in [3.05, 3.63) is 17.2 Å². The average molecular weight is 284 g/mol. The molecule has 1 N–H and O–H groups in total. The molecule has 1 aromatic carbocycles. The van der Waals surface area contributed by atoms with Crippen molar-refractivity contribution < 1.29 is 9.47 Å². The summed E-state index contributed by atoms with van der Waals surface area (Å²) in [6, 6.07) is 4.15. The van der Waals surface area contributed by atoms with Crippen molar-refractivity contribution in [1.82, 2.24) is 0 Å². The van der Waals surface area contributed by atoms with E-state index < -0.39 is 0 Å². The summed E-state index contributed by atoms with van der Waals surface area (Å²) in [7, 11) is 0. The first-order valence-corrected chi connectivity index (χ1v) is 7.29. The van der Waals surface area contributed by atoms with Crippen molar-refractivity contribution in [1.29, 1.82) is 0 Å². The molecular formula is C15H22ClNO2. The highest BCUT2D eigenvalue weighted by Gasteiger charge is 2.16. The molecule has 1 unspecified atom stereocenters. The third kappa shape index (κ3) is 3.93. The summed E-state index contributed by atoms with van der Waals surface area (Å²) in [5.74, 6) is 2.23. The summed E-state index contributed by atoms with van der Waals surface area (Å²) in [5.41, 5.74) is 0.919. The van der Waals surface area contributed by atoms with Crippen LogP contribution < -0.4 is 14.8 Å². The topological polar surface area (TPSA) is 30.5 Å². The largest absolute Gasteiger partial charge is 0.486 e. The second kappa shape index (κ2) is 6.38. The van der Waals surface area contributed by atoms with Crippen molar-refractivity contribution in [2.75, 3.05) is 18.5 Å². The lowest BCUT2D eigenvalue weighted by Crippen LogP contribution is -2.18. The Morgan fingerprint density at radius 3 is 2.37 bits per heavy atom. The molecule has 0 fully saturated rings. The minimum Gasteiger partial charge on any atom is -0.486 e. The van der Waals surface area contributed by atoms with E-state index in [2.05, 4.69) is 26.1 Å². The number of benzene rings is 1. The Balaban J connectivity index is 2.03. The van der Waals surface area contributed by atoms with Crippen LogP contribution in [0, 0.1) is 5.92 Å². The normalized spacial score (nSPS) is 15.4. The Morgan fingerprint density at radius 1 is 1.11 bits per heavy atom. The monoisotopic (exact) mass is 283 g/mol. The molecule has 1 aliphatic heterocycles. The van der Waals surface area contributed by atoms with Crippen molar-refractivity contribution in [3.63, 3.8) is 0 Å². The van der Waals surface area contributed by atoms with Gasteiger partial charge in [-0.05, 0) is 25.7 Å². The van der Waals surface area contributed by atoms with Gasteiger partial charge in [-0.2, -0.15) is 0 Å². The number of anilines is 1. The third-order valence-corrected chi connectivity index (χ3v) is 3.52. The fourth-order valence-corrected chi connectivity index (χ4v) is 2.30. The number of halogens is 1. The summed E-state index contributed by atoms with van der Waals surface area (Å²) in [6.45, 7) is 7.83. The van der Waals surface area contributed by atoms with Crippen molar-refractivity contribution in [2.24, 2.45) is 5.92 Å². The number of nitrogens with one attached hydrogen (secondary N) is 1. The van der Waals surface area contributed by atoms with Gasteiger partial charge in [0, 0.05) is 18.2 Å². The van der Waals surface area contributed by atoms with Crippen LogP contribution in [-0.4, -0.2) is 19.3 Å². The predicted octanol–water partition coefficient (Wildman–Crippen LogP) is 4.35. The van der Waals surface area contributed by atoms with Gasteiger partial charge >= 0.3 is 0 Å². The summed E-state index contributed by atoms with van der Waals surface area (Å²) in [4.78, 5) is 0. The highest BCUT2D eigenvalue weighted by Crippen LogP contribution is 2.38. The van der Waals surface area contributed by atoms with Gasteiger partial charge in [0.05, 0.1) is 10.7 Å². The first-order chi connectivity index (χ1) is 9.06. The zero-order valence-electron chi connectivity index (χ0n) is 11.8. The molecule has 0 amide bonds. The third-order valence-electron chi connectivity index (χ3n) is 3.21. The molecule has 0 aromatic heterocycles. The minimum absolute atomic E-state index is 0.391. The first-order valence-electron chi connectivity index (χ1n) is 6.92. The van der Waals surface area contributed by atoms with Crippen molar-refractivity contribution in [2.45, 2.75) is 39.7 Å². The van der Waals surface area contributed by atoms with Crippen LogP contribution in [0.25, 0.3) is 0 Å². The second-order valence-corrected chi connectivity index (χ2v) is 5.90. The number of hydrogen-bond donors (Lipinski definition) is 1. The highest BCUT2D eigenvalue weighted by molar-refractivity contribution is 6.33. The molecule has 1 aromatic rings. The van der Waals surface area contributed by atoms with Gasteiger partial charge in [-0.25, -0.2) is 0 Å². The number of ether oxygens (including phenoxy) is 2. The van der Waals surface area contributed by atoms with E-state index in [0.29, 0.717) is 24.3 Å². The lowest BCUT2D eigenvalue weighted by Gasteiger charge is -2.22. The lowest BCUT2D eigenvalue weighted by atomic mass is 10.0. The molecule has 1 atom stereocenters. The van der Waals surface area contributed by atoms with E-state index in [4.69, 9.17) is 21.1 Å². The van der Waals surface area contributed by atoms with Gasteiger partial charge in [0.2, 0.25) is 0 Å². The molecule has 0 aliphatic carbocycles. The fraction of sp³-hybridized carbons (Fsp3) is 0.600. The molecule has 0 bridgehead atoms. The molecule has 0 saturated heterocycles. The van der Waals surface area contributed by atoms with Gasteiger partial charge < -0.3 is 14.8 Å². The molecular weight excluding hydrogens is 262 g/mol. The van der Waals surface area contributed by atoms with Gasteiger partial charge in [-0.15, -0.1) is 0 Å². The van der Waals surface area contributed by atoms with E-state index in [1.54, 1.807) is 0 Å². The van der Waals surface area contributed by atoms with Gasteiger partial charge in [0.25, 0.3) is 0 Å². The van der Waals surface area contributed by atoms with Crippen LogP contribution in [0.4, 0.5) is 5.69 Å². The smallest absolute Gasteiger partial charge is 0.163 e. The van der Waals surface area contributed by atoms with Gasteiger partial charge in [0.15, 0.2) is 11.5 Å². The summed E-state index contributed by atoms with van der Waals surface area (Å²) in [5, 5.41) is 4.13. The van der Waals surface area contributed by atoms with E-state index in [-0.39, 0.29) is 0 Å². The van der Waals surface area contributed by atoms with Crippen LogP contribution in [0.15, 0.2) is 12.1 Å². The van der Waals surface area contributed by atoms with E-state index in [0.717, 1.165) is 29.5 Å². The lowest BCUT2D eigenvalue weighted by molar-refractivity contribution is 0.171. The molecule has 0 radical (unpaired) electrons. The van der Waals surface area contributed by atoms with Crippen LogP contribution in [-0.2, 0) is 0 Å². The van der Waals surface area contributed by atoms with Crippen LogP contribution in [0.2, 0.25) is 5.02 Å². The molecule has 1 aliphatic rings. The second-order valence-electron chi connectivity index (χ2n) is 5.49. The number of fused-ring (bicyclic) bond motifs is 1. The van der Waals surface area contributed by atoms with Crippen LogP contribution in [0.5, 0.6) is 11.5 Å². The fourth-order valence-electron chi connectivity index (χ4n) is 2.10. The standard InChI is InChI=1S/C15H22ClNO2/c1-10(2)4-5-11(3)17-13-9-15-14(8-12(13)16)18-6-7-19-15/h8-11,17H,4-7H2,1-3H3. The average Bonchev–Trinajstić information content (AvgIpc) is 2.37. The number of rotatable bonds is 5. The molecule has 0 spiro atoms. The molecule has 0 saturated carbocycles. The highest BCUT2D eigenvalue weighted by atomic mass is 35.5. The maximum Gasteiger partial charge on any atom is 0.163 e. The predicted molar refractivity (Wildman–Crippen MR) is 79.6 cm³/mol. The molecule has 2 rings (SSSR count). The zero-order valence-corrected chi connectivity index (χ0v) is 12.6. The summed E-state index contributed by atoms with van der Waals surface area (Å²) < 4.78 is 11.1. The minimum atomic E-state index is 0.391. The Kier molecular flexibility index (Phi) is 4.81. The van der Waals surface area contributed by atoms with Crippen LogP contribution >= 0.6 is 11.6 Å². The molecule has 1 heterocycles. The van der Waals surface area contributed by atoms with E-state index in [1.807, 2.05) is 12.1 Å². The van der Waals surface area contributed by atoms with E-state index >= 15 is 0 Å². The van der Waals surface area contributed by atoms with E-state index in [1.165, 1.54) is 6.42 Å². The van der Waals surface area contributed by atoms with E-state index in [9.17, 15) is 0 Å². The molecule has 4 heteroatoms. The first kappa shape index (κ1) is 14.3. The quantitative estimate of drug-likeness (QED) is 0.871.